The number of carbonyl (C=O) groups excluding carboxylic acids is 2. The first-order valence-corrected chi connectivity index (χ1v) is 9.87. The van der Waals surface area contributed by atoms with Crippen molar-refractivity contribution in [1.29, 1.82) is 0 Å². The fraction of sp³-hybridized carbons (Fsp3) is 0.150. The summed E-state index contributed by atoms with van der Waals surface area (Å²) in [6.45, 7) is 2.42. The van der Waals surface area contributed by atoms with E-state index < -0.39 is 5.97 Å². The lowest BCUT2D eigenvalue weighted by molar-refractivity contribution is -0.122. The van der Waals surface area contributed by atoms with E-state index in [9.17, 15) is 9.59 Å². The summed E-state index contributed by atoms with van der Waals surface area (Å²) in [7, 11) is 1.34. The standard InChI is InChI=1S/C20H17BrN2O3S/c1-3-23-18(24)17(11-13-7-9-15(21)10-8-13)27-20(23)22-16-6-4-5-14(12-16)19(25)26-2/h4-12H,3H2,1-2H3. The number of rotatable bonds is 4. The molecule has 0 radical (unpaired) electrons. The summed E-state index contributed by atoms with van der Waals surface area (Å²) in [5, 5.41) is 0.591. The molecule has 1 heterocycles. The fourth-order valence-electron chi connectivity index (χ4n) is 2.51. The van der Waals surface area contributed by atoms with Crippen LogP contribution in [0.3, 0.4) is 0 Å². The van der Waals surface area contributed by atoms with E-state index in [4.69, 9.17) is 4.74 Å². The van der Waals surface area contributed by atoms with Crippen LogP contribution in [-0.2, 0) is 9.53 Å². The molecule has 27 heavy (non-hydrogen) atoms. The van der Waals surface area contributed by atoms with E-state index in [0.29, 0.717) is 27.9 Å². The first kappa shape index (κ1) is 19.4. The minimum absolute atomic E-state index is 0.0757. The van der Waals surface area contributed by atoms with Gasteiger partial charge in [-0.25, -0.2) is 9.79 Å². The Morgan fingerprint density at radius 3 is 2.67 bits per heavy atom. The maximum atomic E-state index is 12.7. The lowest BCUT2D eigenvalue weighted by atomic mass is 10.2. The Morgan fingerprint density at radius 1 is 1.26 bits per heavy atom. The van der Waals surface area contributed by atoms with Gasteiger partial charge in [0.15, 0.2) is 5.17 Å². The molecule has 2 aromatic rings. The Labute approximate surface area is 170 Å². The first-order chi connectivity index (χ1) is 13.0. The van der Waals surface area contributed by atoms with Crippen molar-refractivity contribution < 1.29 is 14.3 Å². The highest BCUT2D eigenvalue weighted by Crippen LogP contribution is 2.34. The molecular formula is C20H17BrN2O3S. The summed E-state index contributed by atoms with van der Waals surface area (Å²) < 4.78 is 5.73. The second-order valence-corrected chi connectivity index (χ2v) is 7.57. The molecule has 1 fully saturated rings. The third-order valence-electron chi connectivity index (χ3n) is 3.86. The number of amides is 1. The SMILES string of the molecule is CCN1C(=O)C(=Cc2ccc(Br)cc2)SC1=Nc1cccc(C(=O)OC)c1. The third-order valence-corrected chi connectivity index (χ3v) is 5.40. The number of ether oxygens (including phenoxy) is 1. The number of hydrogen-bond donors (Lipinski definition) is 0. The summed E-state index contributed by atoms with van der Waals surface area (Å²) in [4.78, 5) is 31.2. The van der Waals surface area contributed by atoms with Gasteiger partial charge in [0.05, 0.1) is 23.3 Å². The molecule has 0 unspecified atom stereocenters. The van der Waals surface area contributed by atoms with Crippen LogP contribution in [0.2, 0.25) is 0 Å². The van der Waals surface area contributed by atoms with Gasteiger partial charge in [-0.05, 0) is 60.7 Å². The van der Waals surface area contributed by atoms with E-state index in [0.717, 1.165) is 10.0 Å². The van der Waals surface area contributed by atoms with E-state index in [-0.39, 0.29) is 5.91 Å². The second-order valence-electron chi connectivity index (χ2n) is 5.65. The van der Waals surface area contributed by atoms with Crippen LogP contribution in [0.1, 0.15) is 22.8 Å². The van der Waals surface area contributed by atoms with Gasteiger partial charge in [0.25, 0.3) is 5.91 Å². The Bertz CT molecular complexity index is 938. The topological polar surface area (TPSA) is 59.0 Å². The zero-order valence-electron chi connectivity index (χ0n) is 14.8. The highest BCUT2D eigenvalue weighted by Gasteiger charge is 2.32. The van der Waals surface area contributed by atoms with Crippen LogP contribution in [0.25, 0.3) is 6.08 Å². The third kappa shape index (κ3) is 4.48. The predicted octanol–water partition coefficient (Wildman–Crippen LogP) is 4.86. The number of methoxy groups -OCH3 is 1. The Morgan fingerprint density at radius 2 is 2.00 bits per heavy atom. The minimum Gasteiger partial charge on any atom is -0.465 e. The van der Waals surface area contributed by atoms with Gasteiger partial charge < -0.3 is 4.74 Å². The molecule has 0 atom stereocenters. The lowest BCUT2D eigenvalue weighted by Crippen LogP contribution is -2.28. The molecule has 0 aliphatic carbocycles. The summed E-state index contributed by atoms with van der Waals surface area (Å²) in [5.74, 6) is -0.497. The van der Waals surface area contributed by atoms with Gasteiger partial charge in [-0.3, -0.25) is 9.69 Å². The Hall–Kier alpha value is -2.38. The number of benzene rings is 2. The molecule has 138 valence electrons. The average Bonchev–Trinajstić information content (AvgIpc) is 2.97. The molecule has 2 aromatic carbocycles. The average molecular weight is 445 g/mol. The van der Waals surface area contributed by atoms with Crippen molar-refractivity contribution in [3.63, 3.8) is 0 Å². The molecule has 0 saturated carbocycles. The van der Waals surface area contributed by atoms with Crippen molar-refractivity contribution in [1.82, 2.24) is 4.90 Å². The maximum absolute atomic E-state index is 12.7. The van der Waals surface area contributed by atoms with E-state index in [1.54, 1.807) is 29.2 Å². The molecule has 5 nitrogen and oxygen atoms in total. The van der Waals surface area contributed by atoms with E-state index in [2.05, 4.69) is 20.9 Å². The van der Waals surface area contributed by atoms with Crippen LogP contribution < -0.4 is 0 Å². The Kier molecular flexibility index (Phi) is 6.13. The number of aliphatic imine (C=N–C) groups is 1. The van der Waals surface area contributed by atoms with Crippen molar-refractivity contribution in [3.05, 3.63) is 69.0 Å². The smallest absolute Gasteiger partial charge is 0.337 e. The molecule has 1 amide bonds. The van der Waals surface area contributed by atoms with Crippen molar-refractivity contribution >= 4 is 56.5 Å². The van der Waals surface area contributed by atoms with Gasteiger partial charge in [-0.15, -0.1) is 0 Å². The molecule has 0 bridgehead atoms. The molecule has 1 aliphatic rings. The lowest BCUT2D eigenvalue weighted by Gasteiger charge is -2.12. The normalized spacial score (nSPS) is 17.0. The zero-order valence-corrected chi connectivity index (χ0v) is 17.2. The van der Waals surface area contributed by atoms with Gasteiger partial charge in [0, 0.05) is 11.0 Å². The molecule has 1 aliphatic heterocycles. The highest BCUT2D eigenvalue weighted by molar-refractivity contribution is 9.10. The van der Waals surface area contributed by atoms with Gasteiger partial charge in [-0.2, -0.15) is 0 Å². The Balaban J connectivity index is 1.91. The number of hydrogen-bond acceptors (Lipinski definition) is 5. The highest BCUT2D eigenvalue weighted by atomic mass is 79.9. The first-order valence-electron chi connectivity index (χ1n) is 8.26. The maximum Gasteiger partial charge on any atom is 0.337 e. The van der Waals surface area contributed by atoms with Crippen LogP contribution in [0.4, 0.5) is 5.69 Å². The summed E-state index contributed by atoms with van der Waals surface area (Å²) in [5.41, 5.74) is 1.96. The second kappa shape index (κ2) is 8.54. The summed E-state index contributed by atoms with van der Waals surface area (Å²) in [6, 6.07) is 14.6. The molecule has 0 N–H and O–H groups in total. The molecule has 0 spiro atoms. The van der Waals surface area contributed by atoms with Crippen molar-refractivity contribution in [2.45, 2.75) is 6.92 Å². The molecule has 0 aromatic heterocycles. The van der Waals surface area contributed by atoms with Crippen LogP contribution in [0.15, 0.2) is 62.9 Å². The van der Waals surface area contributed by atoms with E-state index in [1.807, 2.05) is 37.3 Å². The number of likely N-dealkylation sites (N-methyl/N-ethyl adjacent to an activating group) is 1. The van der Waals surface area contributed by atoms with Gasteiger partial charge >= 0.3 is 5.97 Å². The van der Waals surface area contributed by atoms with Crippen LogP contribution in [0, 0.1) is 0 Å². The summed E-state index contributed by atoms with van der Waals surface area (Å²) in [6.07, 6.45) is 1.86. The van der Waals surface area contributed by atoms with E-state index >= 15 is 0 Å². The summed E-state index contributed by atoms with van der Waals surface area (Å²) >= 11 is 4.73. The molecule has 1 saturated heterocycles. The zero-order chi connectivity index (χ0) is 19.4. The predicted molar refractivity (Wildman–Crippen MR) is 112 cm³/mol. The number of amidine groups is 1. The number of thioether (sulfide) groups is 1. The van der Waals surface area contributed by atoms with Gasteiger partial charge in [0.2, 0.25) is 0 Å². The van der Waals surface area contributed by atoms with Crippen molar-refractivity contribution in [2.24, 2.45) is 4.99 Å². The molecule has 7 heteroatoms. The van der Waals surface area contributed by atoms with Crippen molar-refractivity contribution in [3.8, 4) is 0 Å². The van der Waals surface area contributed by atoms with Crippen molar-refractivity contribution in [2.75, 3.05) is 13.7 Å². The van der Waals surface area contributed by atoms with Crippen LogP contribution in [0.5, 0.6) is 0 Å². The number of esters is 1. The minimum atomic E-state index is -0.421. The van der Waals surface area contributed by atoms with Gasteiger partial charge in [0.1, 0.15) is 0 Å². The number of halogens is 1. The van der Waals surface area contributed by atoms with Crippen LogP contribution >= 0.6 is 27.7 Å². The van der Waals surface area contributed by atoms with Gasteiger partial charge in [-0.1, -0.05) is 34.1 Å². The molecule has 3 rings (SSSR count). The molecular weight excluding hydrogens is 428 g/mol. The monoisotopic (exact) mass is 444 g/mol. The number of carbonyl (C=O) groups is 2. The largest absolute Gasteiger partial charge is 0.465 e. The van der Waals surface area contributed by atoms with E-state index in [1.165, 1.54) is 18.9 Å². The van der Waals surface area contributed by atoms with Crippen LogP contribution in [-0.4, -0.2) is 35.6 Å². The number of nitrogens with zero attached hydrogens (tertiary/aromatic N) is 2. The quantitative estimate of drug-likeness (QED) is 0.498. The fourth-order valence-corrected chi connectivity index (χ4v) is 3.84.